The Balaban J connectivity index is 2.78. The van der Waals surface area contributed by atoms with Gasteiger partial charge in [0.15, 0.2) is 0 Å². The van der Waals surface area contributed by atoms with Gasteiger partial charge >= 0.3 is 0 Å². The molecule has 0 radical (unpaired) electrons. The van der Waals surface area contributed by atoms with E-state index in [0.29, 0.717) is 0 Å². The number of para-hydroxylation sites is 1. The van der Waals surface area contributed by atoms with E-state index in [0.717, 1.165) is 0 Å². The zero-order chi connectivity index (χ0) is 19.8. The molecule has 0 spiro atoms. The highest BCUT2D eigenvalue weighted by molar-refractivity contribution is 7.37. The molecule has 0 aliphatic heterocycles. The van der Waals surface area contributed by atoms with Crippen LogP contribution in [0, 0.1) is 13.8 Å². The van der Waals surface area contributed by atoms with Crippen molar-refractivity contribution in [3.63, 3.8) is 0 Å². The Kier molecular flexibility index (Phi) is 5.84. The number of nitrogens with zero attached hydrogens (tertiary/aromatic N) is 1. The van der Waals surface area contributed by atoms with E-state index in [1.807, 2.05) is 0 Å². The molecule has 0 heterocycles. The van der Waals surface area contributed by atoms with Gasteiger partial charge in [0, 0.05) is 0 Å². The summed E-state index contributed by atoms with van der Waals surface area (Å²) >= 11 is 0. The van der Waals surface area contributed by atoms with Crippen LogP contribution in [0.5, 0.6) is 0 Å². The van der Waals surface area contributed by atoms with Crippen LogP contribution in [-0.4, -0.2) is 21.1 Å². The van der Waals surface area contributed by atoms with Crippen molar-refractivity contribution in [2.75, 3.05) is 0 Å². The third-order valence-corrected chi connectivity index (χ3v) is 18.1. The first-order valence-corrected chi connectivity index (χ1v) is 15.6. The van der Waals surface area contributed by atoms with E-state index in [-0.39, 0.29) is 5.04 Å². The van der Waals surface area contributed by atoms with Crippen LogP contribution < -0.4 is 5.19 Å². The van der Waals surface area contributed by atoms with Gasteiger partial charge in [0.25, 0.3) is 0 Å². The van der Waals surface area contributed by atoms with Gasteiger partial charge in [-0.1, -0.05) is 101 Å². The van der Waals surface area contributed by atoms with Crippen LogP contribution in [0.2, 0.25) is 31.2 Å². The van der Waals surface area contributed by atoms with Gasteiger partial charge in [-0.15, -0.1) is 0 Å². The number of hydrogen-bond donors (Lipinski definition) is 0. The summed E-state index contributed by atoms with van der Waals surface area (Å²) < 4.78 is 0. The predicted molar refractivity (Wildman–Crippen MR) is 124 cm³/mol. The minimum absolute atomic E-state index is 0.265. The minimum Gasteiger partial charge on any atom is -0.266 e. The fourth-order valence-corrected chi connectivity index (χ4v) is 14.1. The number of benzene rings is 2. The van der Waals surface area contributed by atoms with E-state index in [4.69, 9.17) is 4.99 Å². The molecule has 0 atom stereocenters. The number of aryl methyl sites for hydroxylation is 2. The van der Waals surface area contributed by atoms with Crippen molar-refractivity contribution in [2.24, 2.45) is 4.99 Å². The van der Waals surface area contributed by atoms with Crippen LogP contribution in [0.3, 0.4) is 0 Å². The third kappa shape index (κ3) is 3.94. The Hall–Kier alpha value is -1.46. The van der Waals surface area contributed by atoms with Crippen molar-refractivity contribution in [1.29, 1.82) is 0 Å². The van der Waals surface area contributed by atoms with Crippen molar-refractivity contribution in [1.82, 2.24) is 0 Å². The molecule has 26 heavy (non-hydrogen) atoms. The van der Waals surface area contributed by atoms with Crippen LogP contribution in [0.4, 0.5) is 5.69 Å². The summed E-state index contributed by atoms with van der Waals surface area (Å²) in [6, 6.07) is 17.6. The lowest BCUT2D eigenvalue weighted by Gasteiger charge is -2.43. The van der Waals surface area contributed by atoms with E-state index in [1.165, 1.54) is 27.0 Å². The lowest BCUT2D eigenvalue weighted by Crippen LogP contribution is -2.63. The highest BCUT2D eigenvalue weighted by Gasteiger charge is 2.47. The standard InChI is InChI=1S/C23H35NSi2/c1-18-14-13-15-19(2)21(18)24-22(26(8,9)23(3,4)5)25(6,7)20-16-11-10-12-17-20/h10-17H,1-9H3. The molecule has 3 heteroatoms. The van der Waals surface area contributed by atoms with Gasteiger partial charge in [-0.2, -0.15) is 0 Å². The summed E-state index contributed by atoms with van der Waals surface area (Å²) in [5.74, 6) is 0. The summed E-state index contributed by atoms with van der Waals surface area (Å²) in [6.45, 7) is 21.6. The first-order valence-electron chi connectivity index (χ1n) is 9.60. The predicted octanol–water partition coefficient (Wildman–Crippen LogP) is 6.58. The third-order valence-electron chi connectivity index (χ3n) is 6.22. The summed E-state index contributed by atoms with van der Waals surface area (Å²) in [5, 5.41) is 1.75. The van der Waals surface area contributed by atoms with Gasteiger partial charge in [0.1, 0.15) is 8.07 Å². The van der Waals surface area contributed by atoms with Gasteiger partial charge in [-0.25, -0.2) is 0 Å². The second-order valence-electron chi connectivity index (χ2n) is 9.57. The molecule has 1 nitrogen and oxygen atoms in total. The van der Waals surface area contributed by atoms with E-state index in [9.17, 15) is 0 Å². The van der Waals surface area contributed by atoms with Gasteiger partial charge in [-0.3, -0.25) is 4.99 Å². The molecule has 0 fully saturated rings. The first kappa shape index (κ1) is 20.9. The van der Waals surface area contributed by atoms with E-state index in [1.54, 1.807) is 0 Å². The van der Waals surface area contributed by atoms with Crippen LogP contribution in [0.1, 0.15) is 31.9 Å². The van der Waals surface area contributed by atoms with Crippen molar-refractivity contribution < 1.29 is 0 Å². The summed E-state index contributed by atoms with van der Waals surface area (Å²) in [7, 11) is -3.64. The molecule has 0 aromatic heterocycles. The van der Waals surface area contributed by atoms with Crippen LogP contribution in [-0.2, 0) is 0 Å². The molecule has 0 saturated heterocycles. The second kappa shape index (κ2) is 7.28. The number of rotatable bonds is 4. The summed E-state index contributed by atoms with van der Waals surface area (Å²) in [6.07, 6.45) is 0. The zero-order valence-electron chi connectivity index (χ0n) is 18.1. The average Bonchev–Trinajstić information content (AvgIpc) is 2.53. The maximum absolute atomic E-state index is 5.48. The molecule has 0 aliphatic rings. The smallest absolute Gasteiger partial charge is 0.124 e. The SMILES string of the molecule is Cc1cccc(C)c1N=C([Si](C)(C)c1ccccc1)[Si](C)(C)C(C)(C)C. The van der Waals surface area contributed by atoms with Crippen LogP contribution >= 0.6 is 0 Å². The van der Waals surface area contributed by atoms with Crippen LogP contribution in [0.25, 0.3) is 0 Å². The number of aliphatic imine (C=N–C) groups is 1. The topological polar surface area (TPSA) is 12.4 Å². The zero-order valence-corrected chi connectivity index (χ0v) is 20.1. The molecule has 2 aromatic carbocycles. The molecule has 0 amide bonds. The Morgan fingerprint density at radius 3 is 1.73 bits per heavy atom. The summed E-state index contributed by atoms with van der Waals surface area (Å²) in [4.78, 5) is 7.00. The number of hydrogen-bond acceptors (Lipinski definition) is 1. The monoisotopic (exact) mass is 381 g/mol. The lowest BCUT2D eigenvalue weighted by molar-refractivity contribution is 0.733. The fraction of sp³-hybridized carbons (Fsp3) is 0.435. The van der Waals surface area contributed by atoms with Crippen molar-refractivity contribution in [3.8, 4) is 0 Å². The Labute approximate surface area is 162 Å². The molecule has 0 unspecified atom stereocenters. The molecule has 0 bridgehead atoms. The van der Waals surface area contributed by atoms with Gasteiger partial charge in [-0.05, 0) is 35.0 Å². The molecule has 140 valence electrons. The van der Waals surface area contributed by atoms with E-state index < -0.39 is 16.1 Å². The second-order valence-corrected chi connectivity index (χ2v) is 19.6. The van der Waals surface area contributed by atoms with E-state index in [2.05, 4.69) is 109 Å². The maximum atomic E-state index is 5.48. The normalized spacial score (nSPS) is 13.8. The van der Waals surface area contributed by atoms with Crippen molar-refractivity contribution in [2.45, 2.75) is 65.8 Å². The fourth-order valence-electron chi connectivity index (χ4n) is 3.50. The average molecular weight is 382 g/mol. The molecule has 2 aromatic rings. The van der Waals surface area contributed by atoms with Crippen LogP contribution in [0.15, 0.2) is 53.5 Å². The summed E-state index contributed by atoms with van der Waals surface area (Å²) in [5.41, 5.74) is 3.74. The first-order chi connectivity index (χ1) is 11.9. The van der Waals surface area contributed by atoms with Gasteiger partial charge in [0.2, 0.25) is 0 Å². The molecule has 0 N–H and O–H groups in total. The van der Waals surface area contributed by atoms with Gasteiger partial charge in [0.05, 0.1) is 13.8 Å². The van der Waals surface area contributed by atoms with E-state index >= 15 is 0 Å². The maximum Gasteiger partial charge on any atom is 0.124 e. The minimum atomic E-state index is -1.87. The molecule has 0 saturated carbocycles. The highest BCUT2D eigenvalue weighted by atomic mass is 28.4. The Bertz CT molecular complexity index is 776. The molecular formula is C23H35NSi2. The molecule has 0 aliphatic carbocycles. The quantitative estimate of drug-likeness (QED) is 0.419. The van der Waals surface area contributed by atoms with Crippen molar-refractivity contribution >= 4 is 32.0 Å². The van der Waals surface area contributed by atoms with Crippen molar-refractivity contribution in [3.05, 3.63) is 59.7 Å². The lowest BCUT2D eigenvalue weighted by atomic mass is 10.1. The Morgan fingerprint density at radius 2 is 1.27 bits per heavy atom. The molecular weight excluding hydrogens is 346 g/mol. The van der Waals surface area contributed by atoms with Gasteiger partial charge < -0.3 is 0 Å². The Morgan fingerprint density at radius 1 is 0.769 bits per heavy atom. The highest BCUT2D eigenvalue weighted by Crippen LogP contribution is 2.40. The molecule has 2 rings (SSSR count). The largest absolute Gasteiger partial charge is 0.266 e.